The van der Waals surface area contributed by atoms with E-state index in [-0.39, 0.29) is 31.3 Å². The molecule has 0 aliphatic carbocycles. The minimum Gasteiger partial charge on any atom is -0.465 e. The maximum absolute atomic E-state index is 11.9. The van der Waals surface area contributed by atoms with E-state index < -0.39 is 27.8 Å². The predicted molar refractivity (Wildman–Crippen MR) is 68.5 cm³/mol. The molecule has 2 N–H and O–H groups in total. The summed E-state index contributed by atoms with van der Waals surface area (Å²) in [6.07, 6.45) is -0.606. The highest BCUT2D eigenvalue weighted by atomic mass is 32.2. The van der Waals surface area contributed by atoms with E-state index in [0.717, 1.165) is 4.31 Å². The molecule has 104 valence electrons. The summed E-state index contributed by atoms with van der Waals surface area (Å²) in [6.45, 7) is 2.18. The van der Waals surface area contributed by atoms with Crippen LogP contribution in [0.15, 0.2) is 0 Å². The quantitative estimate of drug-likeness (QED) is 0.506. The highest BCUT2D eigenvalue weighted by molar-refractivity contribution is 7.89. The van der Waals surface area contributed by atoms with Crippen molar-refractivity contribution >= 4 is 33.2 Å². The van der Waals surface area contributed by atoms with E-state index in [0.29, 0.717) is 0 Å². The van der Waals surface area contributed by atoms with Gasteiger partial charge in [-0.1, -0.05) is 12.2 Å². The number of thiocarbonyl (C=S) groups is 1. The van der Waals surface area contributed by atoms with E-state index >= 15 is 0 Å². The molecule has 1 aliphatic rings. The van der Waals surface area contributed by atoms with Crippen LogP contribution in [0.5, 0.6) is 0 Å². The second kappa shape index (κ2) is 6.41. The lowest BCUT2D eigenvalue weighted by Gasteiger charge is -2.31. The maximum Gasteiger partial charge on any atom is 0.322 e. The van der Waals surface area contributed by atoms with Gasteiger partial charge >= 0.3 is 5.97 Å². The zero-order chi connectivity index (χ0) is 13.8. The lowest BCUT2D eigenvalue weighted by atomic mass is 10.3. The van der Waals surface area contributed by atoms with Crippen LogP contribution in [-0.2, 0) is 24.3 Å². The summed E-state index contributed by atoms with van der Waals surface area (Å²) < 4.78 is 34.8. The number of nitrogens with zero attached hydrogens (tertiary/aromatic N) is 1. The summed E-state index contributed by atoms with van der Waals surface area (Å²) in [6, 6.07) is 0. The van der Waals surface area contributed by atoms with Gasteiger partial charge in [0.15, 0.2) is 5.75 Å². The number of morpholine rings is 1. The lowest BCUT2D eigenvalue weighted by molar-refractivity contribution is -0.140. The number of nitrogens with two attached hydrogens (primary N) is 1. The second-order valence-corrected chi connectivity index (χ2v) is 6.12. The van der Waals surface area contributed by atoms with Gasteiger partial charge in [-0.05, 0) is 6.92 Å². The molecule has 0 bridgehead atoms. The highest BCUT2D eigenvalue weighted by Gasteiger charge is 2.32. The van der Waals surface area contributed by atoms with Crippen LogP contribution in [0.2, 0.25) is 0 Å². The summed E-state index contributed by atoms with van der Waals surface area (Å²) in [4.78, 5) is 11.3. The van der Waals surface area contributed by atoms with Crippen molar-refractivity contribution in [2.45, 2.75) is 13.0 Å². The van der Waals surface area contributed by atoms with Gasteiger partial charge in [-0.3, -0.25) is 4.79 Å². The van der Waals surface area contributed by atoms with Crippen molar-refractivity contribution in [3.63, 3.8) is 0 Å². The van der Waals surface area contributed by atoms with Crippen LogP contribution in [0.25, 0.3) is 0 Å². The second-order valence-electron chi connectivity index (χ2n) is 3.68. The molecule has 0 saturated carbocycles. The molecule has 1 rings (SSSR count). The smallest absolute Gasteiger partial charge is 0.322 e. The molecule has 1 unspecified atom stereocenters. The lowest BCUT2D eigenvalue weighted by Crippen LogP contribution is -2.51. The Morgan fingerprint density at radius 2 is 2.28 bits per heavy atom. The number of carbonyl (C=O) groups excluding carboxylic acids is 1. The first-order valence-electron chi connectivity index (χ1n) is 5.41. The van der Waals surface area contributed by atoms with Crippen molar-refractivity contribution in [1.29, 1.82) is 0 Å². The van der Waals surface area contributed by atoms with Crippen molar-refractivity contribution in [2.75, 3.05) is 32.1 Å². The molecular weight excluding hydrogens is 280 g/mol. The molecule has 0 amide bonds. The van der Waals surface area contributed by atoms with Gasteiger partial charge in [0.25, 0.3) is 0 Å². The van der Waals surface area contributed by atoms with E-state index in [4.69, 9.17) is 22.7 Å². The van der Waals surface area contributed by atoms with Crippen molar-refractivity contribution in [3.05, 3.63) is 0 Å². The molecule has 1 atom stereocenters. The molecule has 7 nitrogen and oxygen atoms in total. The molecule has 18 heavy (non-hydrogen) atoms. The molecule has 1 aliphatic heterocycles. The van der Waals surface area contributed by atoms with Crippen LogP contribution < -0.4 is 5.73 Å². The van der Waals surface area contributed by atoms with Gasteiger partial charge in [0.1, 0.15) is 11.1 Å². The van der Waals surface area contributed by atoms with Crippen LogP contribution in [0.4, 0.5) is 0 Å². The Morgan fingerprint density at radius 3 is 2.83 bits per heavy atom. The summed E-state index contributed by atoms with van der Waals surface area (Å²) in [5.74, 6) is -1.44. The van der Waals surface area contributed by atoms with Gasteiger partial charge in [-0.2, -0.15) is 4.31 Å². The van der Waals surface area contributed by atoms with E-state index in [1.807, 2.05) is 0 Å². The van der Waals surface area contributed by atoms with Crippen LogP contribution in [0.1, 0.15) is 6.92 Å². The summed E-state index contributed by atoms with van der Waals surface area (Å²) in [7, 11) is -3.71. The minimum atomic E-state index is -3.71. The van der Waals surface area contributed by atoms with E-state index in [9.17, 15) is 13.2 Å². The number of rotatable bonds is 5. The average molecular weight is 296 g/mol. The Labute approximate surface area is 111 Å². The first kappa shape index (κ1) is 15.3. The molecule has 0 radical (unpaired) electrons. The van der Waals surface area contributed by atoms with Crippen molar-refractivity contribution in [1.82, 2.24) is 4.31 Å². The number of hydrogen-bond donors (Lipinski definition) is 1. The van der Waals surface area contributed by atoms with Crippen LogP contribution in [0.3, 0.4) is 0 Å². The zero-order valence-electron chi connectivity index (χ0n) is 10.00. The summed E-state index contributed by atoms with van der Waals surface area (Å²) in [5, 5.41) is 0. The van der Waals surface area contributed by atoms with Crippen molar-refractivity contribution in [3.8, 4) is 0 Å². The van der Waals surface area contributed by atoms with Crippen LogP contribution >= 0.6 is 12.2 Å². The molecule has 1 heterocycles. The fourth-order valence-corrected chi connectivity index (χ4v) is 2.91. The molecule has 9 heteroatoms. The first-order chi connectivity index (χ1) is 8.36. The highest BCUT2D eigenvalue weighted by Crippen LogP contribution is 2.11. The fraction of sp³-hybridized carbons (Fsp3) is 0.778. The van der Waals surface area contributed by atoms with E-state index in [1.54, 1.807) is 6.92 Å². The third-order valence-electron chi connectivity index (χ3n) is 2.35. The number of ether oxygens (including phenoxy) is 2. The Hall–Kier alpha value is -0.770. The van der Waals surface area contributed by atoms with Gasteiger partial charge < -0.3 is 15.2 Å². The first-order valence-corrected chi connectivity index (χ1v) is 7.43. The Balaban J connectivity index is 2.67. The molecule has 0 aromatic carbocycles. The molecule has 0 aromatic rings. The standard InChI is InChI=1S/C9H16N2O5S2/c1-2-15-8(12)6-18(13,14)11-3-4-16-7(5-11)9(10)17/h7H,2-6H2,1H3,(H2,10,17). The van der Waals surface area contributed by atoms with Gasteiger partial charge in [-0.15, -0.1) is 0 Å². The fourth-order valence-electron chi connectivity index (χ4n) is 1.49. The Morgan fingerprint density at radius 1 is 1.61 bits per heavy atom. The monoisotopic (exact) mass is 296 g/mol. The molecule has 0 aromatic heterocycles. The van der Waals surface area contributed by atoms with Crippen LogP contribution in [-0.4, -0.2) is 61.8 Å². The molecule has 1 fully saturated rings. The topological polar surface area (TPSA) is 98.9 Å². The van der Waals surface area contributed by atoms with Crippen molar-refractivity contribution < 1.29 is 22.7 Å². The van der Waals surface area contributed by atoms with Crippen LogP contribution in [0, 0.1) is 0 Å². The summed E-state index contributed by atoms with van der Waals surface area (Å²) in [5.41, 5.74) is 5.41. The van der Waals surface area contributed by atoms with Crippen molar-refractivity contribution in [2.24, 2.45) is 5.73 Å². The third kappa shape index (κ3) is 4.16. The predicted octanol–water partition coefficient (Wildman–Crippen LogP) is -1.13. The molecule has 1 saturated heterocycles. The van der Waals surface area contributed by atoms with Gasteiger partial charge in [0.2, 0.25) is 10.0 Å². The number of sulfonamides is 1. The van der Waals surface area contributed by atoms with E-state index in [1.165, 1.54) is 0 Å². The normalized spacial score (nSPS) is 21.5. The average Bonchev–Trinajstić information content (AvgIpc) is 2.28. The van der Waals surface area contributed by atoms with Gasteiger partial charge in [0, 0.05) is 13.1 Å². The molecule has 0 spiro atoms. The number of esters is 1. The maximum atomic E-state index is 11.9. The third-order valence-corrected chi connectivity index (χ3v) is 4.33. The van der Waals surface area contributed by atoms with Gasteiger partial charge in [0.05, 0.1) is 13.2 Å². The number of hydrogen-bond acceptors (Lipinski definition) is 6. The van der Waals surface area contributed by atoms with E-state index in [2.05, 4.69) is 4.74 Å². The summed E-state index contributed by atoms with van der Waals surface area (Å²) >= 11 is 4.76. The van der Waals surface area contributed by atoms with Gasteiger partial charge in [-0.25, -0.2) is 8.42 Å². The SMILES string of the molecule is CCOC(=O)CS(=O)(=O)N1CCOC(C(N)=S)C1. The Kier molecular flexibility index (Phi) is 5.45. The Bertz CT molecular complexity index is 423. The molecular formula is C9H16N2O5S2. The minimum absolute atomic E-state index is 0.0388. The number of carbonyl (C=O) groups is 1. The zero-order valence-corrected chi connectivity index (χ0v) is 11.6. The largest absolute Gasteiger partial charge is 0.465 e.